The fraction of sp³-hybridized carbons (Fsp3) is 0.357. The third-order valence-corrected chi connectivity index (χ3v) is 3.03. The van der Waals surface area contributed by atoms with Crippen LogP contribution in [0.25, 0.3) is 11.3 Å². The number of aromatic amines is 1. The fourth-order valence-electron chi connectivity index (χ4n) is 1.85. The van der Waals surface area contributed by atoms with E-state index >= 15 is 0 Å². The minimum absolute atomic E-state index is 0.122. The Bertz CT molecular complexity index is 574. The number of carbonyl (C=O) groups is 1. The van der Waals surface area contributed by atoms with Crippen LogP contribution in [0.4, 0.5) is 0 Å². The summed E-state index contributed by atoms with van der Waals surface area (Å²) in [4.78, 5) is 17.2. The van der Waals surface area contributed by atoms with Crippen molar-refractivity contribution in [3.05, 3.63) is 35.8 Å². The average molecular weight is 258 g/mol. The van der Waals surface area contributed by atoms with Gasteiger partial charge in [0.25, 0.3) is 0 Å². The van der Waals surface area contributed by atoms with Gasteiger partial charge in [0, 0.05) is 44.2 Å². The van der Waals surface area contributed by atoms with Crippen LogP contribution in [0, 0.1) is 6.92 Å². The predicted molar refractivity (Wildman–Crippen MR) is 73.6 cm³/mol. The van der Waals surface area contributed by atoms with E-state index in [4.69, 9.17) is 0 Å². The molecule has 0 radical (unpaired) electrons. The van der Waals surface area contributed by atoms with Gasteiger partial charge in [-0.1, -0.05) is 0 Å². The number of carbonyl (C=O) groups excluding carboxylic acids is 1. The second-order valence-electron chi connectivity index (χ2n) is 4.76. The summed E-state index contributed by atoms with van der Waals surface area (Å²) in [6.45, 7) is 2.01. The number of H-pyrrole nitrogens is 1. The normalized spacial score (nSPS) is 10.5. The van der Waals surface area contributed by atoms with Crippen molar-refractivity contribution in [3.8, 4) is 11.3 Å². The first kappa shape index (κ1) is 13.3. The van der Waals surface area contributed by atoms with Crippen molar-refractivity contribution < 1.29 is 4.79 Å². The quantitative estimate of drug-likeness (QED) is 0.909. The molecule has 2 aromatic heterocycles. The van der Waals surface area contributed by atoms with E-state index in [0.717, 1.165) is 22.5 Å². The number of hydrogen-bond acceptors (Lipinski definition) is 3. The Kier molecular flexibility index (Phi) is 3.94. The minimum atomic E-state index is 0.122. The lowest BCUT2D eigenvalue weighted by Gasteiger charge is -2.08. The third kappa shape index (κ3) is 3.19. The van der Waals surface area contributed by atoms with Crippen LogP contribution in [0.5, 0.6) is 0 Å². The van der Waals surface area contributed by atoms with E-state index in [1.165, 1.54) is 0 Å². The largest absolute Gasteiger partial charge is 0.349 e. The van der Waals surface area contributed by atoms with E-state index in [1.807, 2.05) is 25.3 Å². The number of nitrogens with zero attached hydrogens (tertiary/aromatic N) is 3. The lowest BCUT2D eigenvalue weighted by Crippen LogP contribution is -2.21. The molecule has 5 heteroatoms. The average Bonchev–Trinajstić information content (AvgIpc) is 2.85. The molecule has 0 saturated carbocycles. The van der Waals surface area contributed by atoms with Gasteiger partial charge in [0.15, 0.2) is 0 Å². The summed E-state index contributed by atoms with van der Waals surface area (Å²) in [5, 5.41) is 7.28. The van der Waals surface area contributed by atoms with Crippen molar-refractivity contribution >= 4 is 5.91 Å². The molecule has 0 aliphatic heterocycles. The molecular weight excluding hydrogens is 240 g/mol. The van der Waals surface area contributed by atoms with Crippen molar-refractivity contribution in [2.75, 3.05) is 14.1 Å². The molecular formula is C14H18N4O. The second kappa shape index (κ2) is 5.65. The van der Waals surface area contributed by atoms with E-state index < -0.39 is 0 Å². The molecule has 5 nitrogen and oxygen atoms in total. The van der Waals surface area contributed by atoms with Crippen molar-refractivity contribution in [2.24, 2.45) is 0 Å². The number of aromatic nitrogens is 3. The Morgan fingerprint density at radius 1 is 1.42 bits per heavy atom. The molecule has 0 aliphatic carbocycles. The second-order valence-corrected chi connectivity index (χ2v) is 4.76. The number of pyridine rings is 1. The van der Waals surface area contributed by atoms with E-state index in [1.54, 1.807) is 25.2 Å². The highest BCUT2D eigenvalue weighted by atomic mass is 16.2. The van der Waals surface area contributed by atoms with E-state index in [2.05, 4.69) is 15.2 Å². The molecule has 1 N–H and O–H groups in total. The maximum atomic E-state index is 11.5. The number of hydrogen-bond donors (Lipinski definition) is 1. The summed E-state index contributed by atoms with van der Waals surface area (Å²) >= 11 is 0. The Labute approximate surface area is 112 Å². The van der Waals surface area contributed by atoms with Gasteiger partial charge >= 0.3 is 0 Å². The number of amides is 1. The van der Waals surface area contributed by atoms with Crippen molar-refractivity contribution in [2.45, 2.75) is 19.8 Å². The third-order valence-electron chi connectivity index (χ3n) is 3.03. The van der Waals surface area contributed by atoms with Crippen molar-refractivity contribution in [1.29, 1.82) is 0 Å². The molecule has 0 saturated heterocycles. The smallest absolute Gasteiger partial charge is 0.222 e. The Morgan fingerprint density at radius 2 is 2.21 bits per heavy atom. The van der Waals surface area contributed by atoms with Gasteiger partial charge in [-0.2, -0.15) is 5.10 Å². The van der Waals surface area contributed by atoms with Crippen LogP contribution < -0.4 is 0 Å². The van der Waals surface area contributed by atoms with Gasteiger partial charge in [-0.25, -0.2) is 0 Å². The van der Waals surface area contributed by atoms with Crippen LogP contribution in [0.1, 0.15) is 17.7 Å². The topological polar surface area (TPSA) is 61.9 Å². The van der Waals surface area contributed by atoms with Gasteiger partial charge in [0.1, 0.15) is 0 Å². The lowest BCUT2D eigenvalue weighted by molar-refractivity contribution is -0.128. The fourth-order valence-corrected chi connectivity index (χ4v) is 1.85. The van der Waals surface area contributed by atoms with Gasteiger partial charge < -0.3 is 4.90 Å². The van der Waals surface area contributed by atoms with Gasteiger partial charge in [0.05, 0.1) is 5.69 Å². The van der Waals surface area contributed by atoms with Gasteiger partial charge in [-0.05, 0) is 31.0 Å². The van der Waals surface area contributed by atoms with Gasteiger partial charge in [-0.15, -0.1) is 0 Å². The summed E-state index contributed by atoms with van der Waals surface area (Å²) in [5.74, 6) is 0.122. The van der Waals surface area contributed by atoms with Crippen LogP contribution >= 0.6 is 0 Å². The molecule has 19 heavy (non-hydrogen) atoms. The molecule has 0 unspecified atom stereocenters. The summed E-state index contributed by atoms with van der Waals surface area (Å²) in [5.41, 5.74) is 4.02. The molecule has 2 rings (SSSR count). The lowest BCUT2D eigenvalue weighted by atomic mass is 10.1. The van der Waals surface area contributed by atoms with Crippen molar-refractivity contribution in [3.63, 3.8) is 0 Å². The molecule has 0 spiro atoms. The summed E-state index contributed by atoms with van der Waals surface area (Å²) < 4.78 is 0. The van der Waals surface area contributed by atoms with Crippen LogP contribution in [0.3, 0.4) is 0 Å². The molecule has 0 aliphatic rings. The zero-order valence-corrected chi connectivity index (χ0v) is 11.5. The zero-order valence-electron chi connectivity index (χ0n) is 11.5. The molecule has 100 valence electrons. The maximum Gasteiger partial charge on any atom is 0.222 e. The molecule has 0 bridgehead atoms. The highest BCUT2D eigenvalue weighted by Crippen LogP contribution is 2.21. The monoisotopic (exact) mass is 258 g/mol. The van der Waals surface area contributed by atoms with Gasteiger partial charge in [0.2, 0.25) is 5.91 Å². The molecule has 2 aromatic rings. The zero-order chi connectivity index (χ0) is 13.8. The first-order valence-corrected chi connectivity index (χ1v) is 6.23. The number of nitrogens with one attached hydrogen (secondary N) is 1. The Balaban J connectivity index is 2.08. The molecule has 1 amide bonds. The SMILES string of the molecule is Cc1cnccc1-c1cc(CCC(=O)N(C)C)[nH]n1. The highest BCUT2D eigenvalue weighted by Gasteiger charge is 2.09. The van der Waals surface area contributed by atoms with Crippen LogP contribution in [-0.4, -0.2) is 40.1 Å². The first-order valence-electron chi connectivity index (χ1n) is 6.23. The Morgan fingerprint density at radius 3 is 2.89 bits per heavy atom. The number of aryl methyl sites for hydroxylation is 2. The number of rotatable bonds is 4. The van der Waals surface area contributed by atoms with Crippen LogP contribution in [-0.2, 0) is 11.2 Å². The van der Waals surface area contributed by atoms with E-state index in [-0.39, 0.29) is 5.91 Å². The molecule has 0 aromatic carbocycles. The maximum absolute atomic E-state index is 11.5. The molecule has 0 atom stereocenters. The van der Waals surface area contributed by atoms with E-state index in [9.17, 15) is 4.79 Å². The summed E-state index contributed by atoms with van der Waals surface area (Å²) in [6.07, 6.45) is 4.74. The van der Waals surface area contributed by atoms with E-state index in [0.29, 0.717) is 12.8 Å². The Hall–Kier alpha value is -2.17. The van der Waals surface area contributed by atoms with Crippen LogP contribution in [0.2, 0.25) is 0 Å². The summed E-state index contributed by atoms with van der Waals surface area (Å²) in [7, 11) is 3.53. The molecule has 2 heterocycles. The highest BCUT2D eigenvalue weighted by molar-refractivity contribution is 5.75. The predicted octanol–water partition coefficient (Wildman–Crippen LogP) is 1.80. The minimum Gasteiger partial charge on any atom is -0.349 e. The standard InChI is InChI=1S/C14H18N4O/c1-10-9-15-7-6-12(10)13-8-11(16-17-13)4-5-14(19)18(2)3/h6-9H,4-5H2,1-3H3,(H,16,17). The molecule has 0 fully saturated rings. The first-order chi connectivity index (χ1) is 9.08. The van der Waals surface area contributed by atoms with Crippen molar-refractivity contribution in [1.82, 2.24) is 20.1 Å². The van der Waals surface area contributed by atoms with Gasteiger partial charge in [-0.3, -0.25) is 14.9 Å². The summed E-state index contributed by atoms with van der Waals surface area (Å²) in [6, 6.07) is 3.94. The van der Waals surface area contributed by atoms with Crippen LogP contribution in [0.15, 0.2) is 24.5 Å².